The minimum absolute atomic E-state index is 0.0289. The van der Waals surface area contributed by atoms with Crippen molar-refractivity contribution in [1.82, 2.24) is 5.32 Å². The molecular weight excluding hydrogens is 332 g/mol. The molecule has 0 aromatic heterocycles. The normalized spacial score (nSPS) is 19.6. The van der Waals surface area contributed by atoms with E-state index >= 15 is 0 Å². The molecule has 1 heterocycles. The molecule has 0 bridgehead atoms. The number of hydrogen-bond acceptors (Lipinski definition) is 3. The largest absolute Gasteiger partial charge is 0.307 e. The van der Waals surface area contributed by atoms with Crippen LogP contribution in [0.5, 0.6) is 0 Å². The van der Waals surface area contributed by atoms with Crippen LogP contribution in [0.2, 0.25) is 0 Å². The Bertz CT molecular complexity index is 791. The van der Waals surface area contributed by atoms with Gasteiger partial charge < -0.3 is 5.32 Å². The molecule has 0 unspecified atom stereocenters. The Morgan fingerprint density at radius 3 is 1.89 bits per heavy atom. The Morgan fingerprint density at radius 1 is 0.889 bits per heavy atom. The SMILES string of the molecule is CC1(C)CC(N=C(CC(=O)c2ccccc2)c2ccccc2)CC(C)(C)N1. The van der Waals surface area contributed by atoms with E-state index in [1.807, 2.05) is 48.5 Å². The van der Waals surface area contributed by atoms with Gasteiger partial charge in [0, 0.05) is 16.6 Å². The van der Waals surface area contributed by atoms with Crippen molar-refractivity contribution >= 4 is 11.5 Å². The Morgan fingerprint density at radius 2 is 1.37 bits per heavy atom. The first-order chi connectivity index (χ1) is 12.7. The molecule has 3 heteroatoms. The molecule has 0 atom stereocenters. The lowest BCUT2D eigenvalue weighted by Crippen LogP contribution is -2.58. The van der Waals surface area contributed by atoms with E-state index in [0.717, 1.165) is 29.7 Å². The maximum absolute atomic E-state index is 12.8. The summed E-state index contributed by atoms with van der Waals surface area (Å²) in [7, 11) is 0. The zero-order valence-electron chi connectivity index (χ0n) is 16.8. The highest BCUT2D eigenvalue weighted by Crippen LogP contribution is 2.31. The number of aliphatic imine (C=N–C) groups is 1. The van der Waals surface area contributed by atoms with Gasteiger partial charge in [-0.1, -0.05) is 60.7 Å². The van der Waals surface area contributed by atoms with E-state index < -0.39 is 0 Å². The number of rotatable bonds is 5. The zero-order chi connectivity index (χ0) is 19.5. The first-order valence-corrected chi connectivity index (χ1v) is 9.74. The van der Waals surface area contributed by atoms with Crippen LogP contribution in [-0.2, 0) is 0 Å². The lowest BCUT2D eigenvalue weighted by Gasteiger charge is -2.45. The number of ketones is 1. The van der Waals surface area contributed by atoms with Crippen molar-refractivity contribution in [2.75, 3.05) is 0 Å². The highest BCUT2D eigenvalue weighted by Gasteiger charge is 2.37. The number of benzene rings is 2. The molecule has 1 fully saturated rings. The number of hydrogen-bond donors (Lipinski definition) is 1. The minimum Gasteiger partial charge on any atom is -0.307 e. The summed E-state index contributed by atoms with van der Waals surface area (Å²) in [6.45, 7) is 8.92. The maximum Gasteiger partial charge on any atom is 0.168 e. The lowest BCUT2D eigenvalue weighted by atomic mass is 9.79. The van der Waals surface area contributed by atoms with Gasteiger partial charge in [-0.15, -0.1) is 0 Å². The second-order valence-corrected chi connectivity index (χ2v) is 8.86. The average Bonchev–Trinajstić information content (AvgIpc) is 2.60. The summed E-state index contributed by atoms with van der Waals surface area (Å²) >= 11 is 0. The summed E-state index contributed by atoms with van der Waals surface area (Å²) in [5.74, 6) is 0.116. The smallest absolute Gasteiger partial charge is 0.168 e. The van der Waals surface area contributed by atoms with Gasteiger partial charge in [0.25, 0.3) is 0 Å². The van der Waals surface area contributed by atoms with E-state index in [-0.39, 0.29) is 22.9 Å². The summed E-state index contributed by atoms with van der Waals surface area (Å²) in [6.07, 6.45) is 2.26. The highest BCUT2D eigenvalue weighted by atomic mass is 16.1. The summed E-state index contributed by atoms with van der Waals surface area (Å²) in [5.41, 5.74) is 2.73. The van der Waals surface area contributed by atoms with Crippen LogP contribution in [0.3, 0.4) is 0 Å². The molecule has 0 spiro atoms. The highest BCUT2D eigenvalue weighted by molar-refractivity contribution is 6.15. The molecule has 1 N–H and O–H groups in total. The fraction of sp³-hybridized carbons (Fsp3) is 0.417. The van der Waals surface area contributed by atoms with Crippen LogP contribution < -0.4 is 5.32 Å². The Labute approximate surface area is 162 Å². The van der Waals surface area contributed by atoms with Gasteiger partial charge in [0.1, 0.15) is 0 Å². The number of carbonyl (C=O) groups excluding carboxylic acids is 1. The van der Waals surface area contributed by atoms with Gasteiger partial charge in [-0.2, -0.15) is 0 Å². The molecule has 2 aromatic rings. The van der Waals surface area contributed by atoms with Gasteiger partial charge in [-0.25, -0.2) is 0 Å². The van der Waals surface area contributed by atoms with Crippen LogP contribution in [-0.4, -0.2) is 28.6 Å². The second kappa shape index (κ2) is 7.77. The van der Waals surface area contributed by atoms with Gasteiger partial charge in [0.15, 0.2) is 5.78 Å². The molecule has 1 aliphatic rings. The molecule has 3 nitrogen and oxygen atoms in total. The second-order valence-electron chi connectivity index (χ2n) is 8.86. The molecule has 0 saturated carbocycles. The third-order valence-electron chi connectivity index (χ3n) is 5.04. The first kappa shape index (κ1) is 19.5. The van der Waals surface area contributed by atoms with Crippen LogP contribution in [0.25, 0.3) is 0 Å². The molecule has 142 valence electrons. The van der Waals surface area contributed by atoms with Crippen molar-refractivity contribution in [3.05, 3.63) is 71.8 Å². The van der Waals surface area contributed by atoms with E-state index in [0.29, 0.717) is 6.42 Å². The van der Waals surface area contributed by atoms with Crippen LogP contribution >= 0.6 is 0 Å². The Hall–Kier alpha value is -2.26. The molecule has 0 radical (unpaired) electrons. The standard InChI is InChI=1S/C24H30N2O/c1-23(2)16-20(17-24(3,4)26-23)25-21(18-11-7-5-8-12-18)15-22(27)19-13-9-6-10-14-19/h5-14,20,26H,15-17H2,1-4H3. The van der Waals surface area contributed by atoms with Gasteiger partial charge in [0.05, 0.1) is 18.2 Å². The zero-order valence-corrected chi connectivity index (χ0v) is 16.8. The lowest BCUT2D eigenvalue weighted by molar-refractivity contribution is 0.100. The maximum atomic E-state index is 12.8. The molecule has 1 aliphatic heterocycles. The Balaban J connectivity index is 1.90. The number of piperidine rings is 1. The van der Waals surface area contributed by atoms with E-state index in [4.69, 9.17) is 4.99 Å². The van der Waals surface area contributed by atoms with Gasteiger partial charge >= 0.3 is 0 Å². The van der Waals surface area contributed by atoms with Crippen LogP contribution in [0, 0.1) is 0 Å². The van der Waals surface area contributed by atoms with Crippen molar-refractivity contribution < 1.29 is 4.79 Å². The van der Waals surface area contributed by atoms with Crippen molar-refractivity contribution in [2.45, 2.75) is 64.1 Å². The predicted molar refractivity (Wildman–Crippen MR) is 113 cm³/mol. The third kappa shape index (κ3) is 5.36. The van der Waals surface area contributed by atoms with Gasteiger partial charge in [-0.3, -0.25) is 9.79 Å². The van der Waals surface area contributed by atoms with Crippen molar-refractivity contribution in [3.8, 4) is 0 Å². The fourth-order valence-electron chi connectivity index (χ4n) is 4.31. The van der Waals surface area contributed by atoms with Crippen molar-refractivity contribution in [2.24, 2.45) is 4.99 Å². The van der Waals surface area contributed by atoms with E-state index in [9.17, 15) is 4.79 Å². The van der Waals surface area contributed by atoms with Crippen LogP contribution in [0.4, 0.5) is 0 Å². The molecule has 27 heavy (non-hydrogen) atoms. The molecule has 0 amide bonds. The number of carbonyl (C=O) groups is 1. The van der Waals surface area contributed by atoms with Gasteiger partial charge in [0.2, 0.25) is 0 Å². The fourth-order valence-corrected chi connectivity index (χ4v) is 4.31. The first-order valence-electron chi connectivity index (χ1n) is 9.74. The average molecular weight is 363 g/mol. The van der Waals surface area contributed by atoms with E-state index in [1.54, 1.807) is 0 Å². The summed E-state index contributed by atoms with van der Waals surface area (Å²) < 4.78 is 0. The molecule has 2 aromatic carbocycles. The third-order valence-corrected chi connectivity index (χ3v) is 5.04. The summed E-state index contributed by atoms with van der Waals surface area (Å²) in [6, 6.07) is 19.8. The van der Waals surface area contributed by atoms with Crippen molar-refractivity contribution in [1.29, 1.82) is 0 Å². The Kier molecular flexibility index (Phi) is 5.61. The number of nitrogens with zero attached hydrogens (tertiary/aromatic N) is 1. The summed E-state index contributed by atoms with van der Waals surface area (Å²) in [4.78, 5) is 17.9. The number of Topliss-reactive ketones (excluding diaryl/α,β-unsaturated/α-hetero) is 1. The molecule has 0 aliphatic carbocycles. The summed E-state index contributed by atoms with van der Waals surface area (Å²) in [5, 5.41) is 3.71. The minimum atomic E-state index is 0.0289. The van der Waals surface area contributed by atoms with Crippen molar-refractivity contribution in [3.63, 3.8) is 0 Å². The molecule has 1 saturated heterocycles. The van der Waals surface area contributed by atoms with Crippen LogP contribution in [0.1, 0.15) is 62.9 Å². The topological polar surface area (TPSA) is 41.5 Å². The quantitative estimate of drug-likeness (QED) is 0.597. The van der Waals surface area contributed by atoms with Gasteiger partial charge in [-0.05, 0) is 46.1 Å². The van der Waals surface area contributed by atoms with E-state index in [1.165, 1.54) is 0 Å². The predicted octanol–water partition coefficient (Wildman–Crippen LogP) is 5.06. The van der Waals surface area contributed by atoms with E-state index in [2.05, 4.69) is 45.1 Å². The molecule has 3 rings (SSSR count). The van der Waals surface area contributed by atoms with Crippen LogP contribution in [0.15, 0.2) is 65.7 Å². The monoisotopic (exact) mass is 362 g/mol. The molecular formula is C24H30N2O. The number of nitrogens with one attached hydrogen (secondary N) is 1.